The fourth-order valence-electron chi connectivity index (χ4n) is 2.49. The molecule has 166 valence electrons. The predicted octanol–water partition coefficient (Wildman–Crippen LogP) is -0.793. The lowest BCUT2D eigenvalue weighted by atomic mass is 10.0. The van der Waals surface area contributed by atoms with E-state index in [1.165, 1.54) is 19.2 Å². The van der Waals surface area contributed by atoms with Gasteiger partial charge in [-0.25, -0.2) is 18.5 Å². The summed E-state index contributed by atoms with van der Waals surface area (Å²) in [5.41, 5.74) is 2.91. The maximum absolute atomic E-state index is 11.9. The zero-order valence-electron chi connectivity index (χ0n) is 14.5. The fourth-order valence-corrected chi connectivity index (χ4v) is 5.54. The molecule has 0 amide bonds. The van der Waals surface area contributed by atoms with Crippen molar-refractivity contribution in [2.24, 2.45) is 0 Å². The third-order valence-corrected chi connectivity index (χ3v) is 7.24. The van der Waals surface area contributed by atoms with Crippen molar-refractivity contribution in [3.63, 3.8) is 0 Å². The van der Waals surface area contributed by atoms with Gasteiger partial charge in [0.15, 0.2) is 6.23 Å². The quantitative estimate of drug-likeness (QED) is 0.249. The van der Waals surface area contributed by atoms with Crippen LogP contribution in [0.15, 0.2) is 17.1 Å². The van der Waals surface area contributed by atoms with Crippen LogP contribution in [-0.4, -0.2) is 52.5 Å². The molecular formula is C10H18N3O13P3. The van der Waals surface area contributed by atoms with Crippen LogP contribution in [0.2, 0.25) is 0 Å². The molecule has 29 heavy (non-hydrogen) atoms. The van der Waals surface area contributed by atoms with Gasteiger partial charge >= 0.3 is 29.2 Å². The highest BCUT2D eigenvalue weighted by atomic mass is 31.3. The Balaban J connectivity index is 2.04. The monoisotopic (exact) mass is 481 g/mol. The van der Waals surface area contributed by atoms with Crippen molar-refractivity contribution in [2.75, 3.05) is 12.3 Å². The van der Waals surface area contributed by atoms with Gasteiger partial charge in [-0.1, -0.05) is 0 Å². The van der Waals surface area contributed by atoms with E-state index in [4.69, 9.17) is 25.2 Å². The third kappa shape index (κ3) is 7.03. The van der Waals surface area contributed by atoms with Crippen molar-refractivity contribution in [2.45, 2.75) is 31.3 Å². The van der Waals surface area contributed by atoms with Gasteiger partial charge in [0, 0.05) is 12.6 Å². The van der Waals surface area contributed by atoms with Gasteiger partial charge in [-0.2, -0.15) is 13.6 Å². The van der Waals surface area contributed by atoms with Gasteiger partial charge in [-0.3, -0.25) is 9.09 Å². The predicted molar refractivity (Wildman–Crippen MR) is 91.9 cm³/mol. The van der Waals surface area contributed by atoms with Crippen molar-refractivity contribution in [3.8, 4) is 0 Å². The molecule has 1 aliphatic rings. The number of hydrogen-bond donors (Lipinski definition) is 6. The number of phosphoric ester groups is 1. The topological polar surface area (TPSA) is 250 Å². The van der Waals surface area contributed by atoms with Crippen LogP contribution in [0.3, 0.4) is 0 Å². The normalized spacial score (nSPS) is 29.3. The Morgan fingerprint density at radius 2 is 1.90 bits per heavy atom. The smallest absolute Gasteiger partial charge is 0.385 e. The van der Waals surface area contributed by atoms with Crippen molar-refractivity contribution in [3.05, 3.63) is 22.7 Å². The standard InChI is InChI=1S/C10H18N3O13P3/c1-10(15)4-6(24-8(10)13-3-2-7(11)12-9(13)14)5-23-28(19,20)26-29(21,22)25-27(16,17)18/h2-3,6,8,15H,4-5H2,1H3,(H,19,20)(H,21,22)(H2,11,12,14)(H2,16,17,18). The number of nitrogen functional groups attached to an aromatic ring is 1. The molecule has 0 saturated carbocycles. The molecule has 19 heteroatoms. The van der Waals surface area contributed by atoms with Crippen LogP contribution in [0.5, 0.6) is 0 Å². The third-order valence-electron chi connectivity index (χ3n) is 3.44. The molecule has 1 aliphatic heterocycles. The first-order valence-electron chi connectivity index (χ1n) is 7.51. The molecule has 0 bridgehead atoms. The van der Waals surface area contributed by atoms with Crippen molar-refractivity contribution in [1.29, 1.82) is 0 Å². The van der Waals surface area contributed by atoms with E-state index in [1.807, 2.05) is 0 Å². The Morgan fingerprint density at radius 1 is 1.28 bits per heavy atom. The minimum Gasteiger partial charge on any atom is -0.385 e. The Bertz CT molecular complexity index is 958. The molecule has 0 radical (unpaired) electrons. The number of anilines is 1. The number of aromatic nitrogens is 2. The molecule has 2 heterocycles. The van der Waals surface area contributed by atoms with Gasteiger partial charge in [-0.05, 0) is 13.0 Å². The van der Waals surface area contributed by atoms with E-state index in [0.29, 0.717) is 0 Å². The van der Waals surface area contributed by atoms with E-state index in [2.05, 4.69) is 18.1 Å². The zero-order valence-corrected chi connectivity index (χ0v) is 17.2. The summed E-state index contributed by atoms with van der Waals surface area (Å²) in [5, 5.41) is 10.5. The van der Waals surface area contributed by atoms with Crippen LogP contribution in [-0.2, 0) is 31.6 Å². The number of rotatable bonds is 8. The summed E-state index contributed by atoms with van der Waals surface area (Å²) >= 11 is 0. The maximum Gasteiger partial charge on any atom is 0.490 e. The fraction of sp³-hybridized carbons (Fsp3) is 0.600. The lowest BCUT2D eigenvalue weighted by Gasteiger charge is -2.25. The van der Waals surface area contributed by atoms with Crippen LogP contribution in [0.25, 0.3) is 0 Å². The van der Waals surface area contributed by atoms with Crippen molar-refractivity contribution < 1.29 is 56.3 Å². The van der Waals surface area contributed by atoms with Crippen LogP contribution >= 0.6 is 23.5 Å². The molecule has 16 nitrogen and oxygen atoms in total. The summed E-state index contributed by atoms with van der Waals surface area (Å²) < 4.78 is 51.5. The lowest BCUT2D eigenvalue weighted by molar-refractivity contribution is -0.0891. The highest BCUT2D eigenvalue weighted by molar-refractivity contribution is 7.66. The van der Waals surface area contributed by atoms with Gasteiger partial charge in [0.05, 0.1) is 12.7 Å². The molecule has 1 aromatic rings. The summed E-state index contributed by atoms with van der Waals surface area (Å²) in [6.07, 6.45) is -1.35. The highest BCUT2D eigenvalue weighted by Gasteiger charge is 2.47. The van der Waals surface area contributed by atoms with E-state index < -0.39 is 53.7 Å². The number of hydrogen-bond acceptors (Lipinski definition) is 11. The molecule has 0 aromatic carbocycles. The summed E-state index contributed by atoms with van der Waals surface area (Å²) in [4.78, 5) is 50.9. The molecule has 7 N–H and O–H groups in total. The highest BCUT2D eigenvalue weighted by Crippen LogP contribution is 2.66. The second-order valence-corrected chi connectivity index (χ2v) is 10.5. The van der Waals surface area contributed by atoms with E-state index >= 15 is 0 Å². The molecule has 1 fully saturated rings. The molecule has 0 spiro atoms. The minimum absolute atomic E-state index is 0.0619. The molecule has 5 unspecified atom stereocenters. The summed E-state index contributed by atoms with van der Waals surface area (Å²) in [6.45, 7) is 0.540. The van der Waals surface area contributed by atoms with E-state index in [1.54, 1.807) is 0 Å². The van der Waals surface area contributed by atoms with E-state index in [0.717, 1.165) is 4.57 Å². The van der Waals surface area contributed by atoms with E-state index in [-0.39, 0.29) is 12.2 Å². The first-order valence-corrected chi connectivity index (χ1v) is 12.0. The molecular weight excluding hydrogens is 463 g/mol. The Kier molecular flexibility index (Phi) is 6.92. The van der Waals surface area contributed by atoms with Gasteiger partial charge in [0.2, 0.25) is 0 Å². The number of nitrogens with zero attached hydrogens (tertiary/aromatic N) is 2. The van der Waals surface area contributed by atoms with Gasteiger partial charge in [0.1, 0.15) is 11.4 Å². The molecule has 1 aromatic heterocycles. The number of ether oxygens (including phenoxy) is 1. The zero-order chi connectivity index (χ0) is 22.3. The van der Waals surface area contributed by atoms with Gasteiger partial charge in [0.25, 0.3) is 0 Å². The molecule has 1 saturated heterocycles. The molecule has 2 rings (SSSR count). The van der Waals surface area contributed by atoms with Gasteiger partial charge < -0.3 is 35.2 Å². The Hall–Kier alpha value is -0.990. The second kappa shape index (κ2) is 8.27. The molecule has 5 atom stereocenters. The largest absolute Gasteiger partial charge is 0.490 e. The van der Waals surface area contributed by atoms with Gasteiger partial charge in [-0.15, -0.1) is 0 Å². The number of phosphoric acid groups is 3. The number of aliphatic hydroxyl groups is 1. The van der Waals surface area contributed by atoms with Crippen LogP contribution in [0.4, 0.5) is 5.82 Å². The van der Waals surface area contributed by atoms with Crippen molar-refractivity contribution in [1.82, 2.24) is 9.55 Å². The van der Waals surface area contributed by atoms with Crippen LogP contribution < -0.4 is 11.4 Å². The lowest BCUT2D eigenvalue weighted by Crippen LogP contribution is -2.38. The summed E-state index contributed by atoms with van der Waals surface area (Å²) in [6, 6.07) is 1.28. The van der Waals surface area contributed by atoms with Crippen LogP contribution in [0.1, 0.15) is 19.6 Å². The second-order valence-electron chi connectivity index (χ2n) is 6.10. The average Bonchev–Trinajstić information content (AvgIpc) is 2.76. The Labute approximate surface area is 162 Å². The molecule has 0 aliphatic carbocycles. The maximum atomic E-state index is 11.9. The number of nitrogens with two attached hydrogens (primary N) is 1. The SMILES string of the molecule is CC1(O)CC(COP(=O)(O)OP(=O)(O)OP(=O)(O)O)OC1n1ccc(N)nc1=O. The minimum atomic E-state index is -5.65. The van der Waals surface area contributed by atoms with Crippen molar-refractivity contribution >= 4 is 29.3 Å². The summed E-state index contributed by atoms with van der Waals surface area (Å²) in [7, 11) is -16.5. The van der Waals surface area contributed by atoms with E-state index in [9.17, 15) is 28.5 Å². The first-order chi connectivity index (χ1) is 13.0. The van der Waals surface area contributed by atoms with Crippen LogP contribution in [0, 0.1) is 0 Å². The Morgan fingerprint density at radius 3 is 2.45 bits per heavy atom. The first kappa shape index (κ1) is 24.3. The summed E-state index contributed by atoms with van der Waals surface area (Å²) in [5.74, 6) is -0.0619. The average molecular weight is 481 g/mol.